The highest BCUT2D eigenvalue weighted by atomic mass is 32.2. The van der Waals surface area contributed by atoms with Crippen LogP contribution in [-0.2, 0) is 6.54 Å². The van der Waals surface area contributed by atoms with Crippen molar-refractivity contribution >= 4 is 28.7 Å². The zero-order chi connectivity index (χ0) is 20.6. The molecule has 152 valence electrons. The maximum Gasteiger partial charge on any atom is 0.274 e. The Balaban J connectivity index is 1.68. The largest absolute Gasteiger partial charge is 0.388 e. The molecule has 1 aliphatic rings. The molecule has 0 radical (unpaired) electrons. The molecule has 0 saturated heterocycles. The number of carbonyl (C=O) groups is 1. The monoisotopic (exact) mass is 412 g/mol. The molecule has 1 saturated carbocycles. The number of hydrogen-bond donors (Lipinski definition) is 2. The number of carbonyl (C=O) groups excluding carboxylic acids is 1. The van der Waals surface area contributed by atoms with E-state index < -0.39 is 5.60 Å². The molecule has 1 aliphatic carbocycles. The molecule has 4 rings (SSSR count). The molecular weight excluding hydrogens is 388 g/mol. The lowest BCUT2D eigenvalue weighted by molar-refractivity contribution is 0.0892. The highest BCUT2D eigenvalue weighted by Crippen LogP contribution is 2.34. The summed E-state index contributed by atoms with van der Waals surface area (Å²) < 4.78 is 1.77. The summed E-state index contributed by atoms with van der Waals surface area (Å²) in [4.78, 5) is 26.0. The first-order valence-corrected chi connectivity index (χ1v) is 10.7. The molecule has 3 aromatic rings. The number of thioether (sulfide) groups is 1. The van der Waals surface area contributed by atoms with Gasteiger partial charge in [-0.05, 0) is 44.1 Å². The van der Waals surface area contributed by atoms with Crippen LogP contribution in [0.2, 0.25) is 0 Å². The van der Waals surface area contributed by atoms with E-state index in [1.165, 1.54) is 0 Å². The summed E-state index contributed by atoms with van der Waals surface area (Å²) in [6, 6.07) is 1.97. The van der Waals surface area contributed by atoms with Gasteiger partial charge in [-0.1, -0.05) is 6.92 Å². The Labute approximate surface area is 173 Å². The van der Waals surface area contributed by atoms with Crippen molar-refractivity contribution in [3.05, 3.63) is 41.1 Å². The van der Waals surface area contributed by atoms with Crippen LogP contribution >= 0.6 is 11.8 Å². The van der Waals surface area contributed by atoms with Gasteiger partial charge in [-0.2, -0.15) is 5.10 Å². The Hall–Kier alpha value is -2.52. The van der Waals surface area contributed by atoms with Crippen molar-refractivity contribution in [3.63, 3.8) is 0 Å². The van der Waals surface area contributed by atoms with Crippen molar-refractivity contribution in [2.24, 2.45) is 0 Å². The molecule has 1 amide bonds. The highest BCUT2D eigenvalue weighted by molar-refractivity contribution is 7.99. The van der Waals surface area contributed by atoms with Gasteiger partial charge in [0.15, 0.2) is 5.69 Å². The van der Waals surface area contributed by atoms with Gasteiger partial charge in [-0.3, -0.25) is 14.5 Å². The number of nitrogens with zero attached hydrogens (tertiary/aromatic N) is 5. The second-order valence-corrected chi connectivity index (χ2v) is 8.73. The summed E-state index contributed by atoms with van der Waals surface area (Å²) >= 11 is 1.68. The predicted octanol–water partition coefficient (Wildman–Crippen LogP) is 2.25. The van der Waals surface area contributed by atoms with Gasteiger partial charge in [0.05, 0.1) is 23.4 Å². The number of aliphatic hydroxyl groups is 1. The standard InChI is InChI=1S/C20H24N6O2S/c1-4-29-19-13(3)14(23-11-24-19)9-26-15-7-12(2)8-21-16(15)17(25-26)18(27)22-10-20(28)5-6-20/h7-8,11,28H,4-6,9-10H2,1-3H3,(H,22,27). The van der Waals surface area contributed by atoms with Crippen molar-refractivity contribution in [2.45, 2.75) is 50.8 Å². The van der Waals surface area contributed by atoms with Crippen LogP contribution in [0.1, 0.15) is 47.1 Å². The fraction of sp³-hybridized carbons (Fsp3) is 0.450. The Morgan fingerprint density at radius 1 is 1.31 bits per heavy atom. The molecule has 0 spiro atoms. The number of aryl methyl sites for hydroxylation is 1. The van der Waals surface area contributed by atoms with E-state index in [4.69, 9.17) is 0 Å². The number of rotatable bonds is 7. The molecule has 9 heteroatoms. The van der Waals surface area contributed by atoms with Gasteiger partial charge in [0.1, 0.15) is 16.9 Å². The minimum absolute atomic E-state index is 0.231. The summed E-state index contributed by atoms with van der Waals surface area (Å²) in [5, 5.41) is 18.3. The topological polar surface area (TPSA) is 106 Å². The van der Waals surface area contributed by atoms with E-state index in [9.17, 15) is 9.90 Å². The van der Waals surface area contributed by atoms with Gasteiger partial charge in [-0.15, -0.1) is 11.8 Å². The molecule has 3 heterocycles. The van der Waals surface area contributed by atoms with Crippen LogP contribution < -0.4 is 5.32 Å². The van der Waals surface area contributed by atoms with Crippen LogP contribution in [0, 0.1) is 13.8 Å². The van der Waals surface area contributed by atoms with Crippen LogP contribution in [0.4, 0.5) is 0 Å². The number of fused-ring (bicyclic) bond motifs is 1. The Bertz CT molecular complexity index is 1080. The van der Waals surface area contributed by atoms with Crippen molar-refractivity contribution in [2.75, 3.05) is 12.3 Å². The van der Waals surface area contributed by atoms with E-state index >= 15 is 0 Å². The minimum atomic E-state index is -0.760. The SMILES string of the molecule is CCSc1ncnc(Cn2nc(C(=O)NCC3(O)CC3)c3ncc(C)cc32)c1C. The maximum absolute atomic E-state index is 12.7. The van der Waals surface area contributed by atoms with Gasteiger partial charge in [0, 0.05) is 18.3 Å². The second kappa shape index (κ2) is 7.72. The molecule has 8 nitrogen and oxygen atoms in total. The summed E-state index contributed by atoms with van der Waals surface area (Å²) in [5.74, 6) is 0.606. The van der Waals surface area contributed by atoms with E-state index in [1.807, 2.05) is 19.9 Å². The lowest BCUT2D eigenvalue weighted by Crippen LogP contribution is -2.33. The van der Waals surface area contributed by atoms with Crippen molar-refractivity contribution in [1.82, 2.24) is 30.0 Å². The smallest absolute Gasteiger partial charge is 0.274 e. The Morgan fingerprint density at radius 2 is 2.10 bits per heavy atom. The average molecular weight is 413 g/mol. The van der Waals surface area contributed by atoms with Gasteiger partial charge >= 0.3 is 0 Å². The van der Waals surface area contributed by atoms with Crippen molar-refractivity contribution < 1.29 is 9.90 Å². The van der Waals surface area contributed by atoms with Crippen LogP contribution in [0.5, 0.6) is 0 Å². The maximum atomic E-state index is 12.7. The Kier molecular flexibility index (Phi) is 5.26. The van der Waals surface area contributed by atoms with Gasteiger partial charge in [-0.25, -0.2) is 9.97 Å². The van der Waals surface area contributed by atoms with Crippen LogP contribution in [0.15, 0.2) is 23.6 Å². The van der Waals surface area contributed by atoms with E-state index in [0.717, 1.165) is 33.1 Å². The first kappa shape index (κ1) is 19.8. The number of aromatic nitrogens is 5. The lowest BCUT2D eigenvalue weighted by Gasteiger charge is -2.09. The van der Waals surface area contributed by atoms with Crippen molar-refractivity contribution in [1.29, 1.82) is 0 Å². The highest BCUT2D eigenvalue weighted by Gasteiger charge is 2.40. The number of amides is 1. The van der Waals surface area contributed by atoms with E-state index in [1.54, 1.807) is 29.0 Å². The molecule has 0 unspecified atom stereocenters. The fourth-order valence-electron chi connectivity index (χ4n) is 3.13. The van der Waals surface area contributed by atoms with Gasteiger partial charge in [0.2, 0.25) is 0 Å². The third kappa shape index (κ3) is 4.11. The average Bonchev–Trinajstić information content (AvgIpc) is 3.34. The third-order valence-corrected chi connectivity index (χ3v) is 6.04. The molecule has 2 N–H and O–H groups in total. The zero-order valence-corrected chi connectivity index (χ0v) is 17.6. The predicted molar refractivity (Wildman–Crippen MR) is 111 cm³/mol. The van der Waals surface area contributed by atoms with Crippen molar-refractivity contribution in [3.8, 4) is 0 Å². The summed E-state index contributed by atoms with van der Waals surface area (Å²) in [7, 11) is 0. The first-order chi connectivity index (χ1) is 13.9. The normalized spacial score (nSPS) is 14.9. The van der Waals surface area contributed by atoms with E-state index in [-0.39, 0.29) is 18.1 Å². The van der Waals surface area contributed by atoms with Gasteiger partial charge in [0.25, 0.3) is 5.91 Å². The molecule has 1 fully saturated rings. The number of pyridine rings is 1. The summed E-state index contributed by atoms with van der Waals surface area (Å²) in [6.45, 7) is 6.70. The quantitative estimate of drug-likeness (QED) is 0.453. The number of nitrogens with one attached hydrogen (secondary N) is 1. The molecule has 3 aromatic heterocycles. The molecule has 0 aromatic carbocycles. The second-order valence-electron chi connectivity index (χ2n) is 7.48. The van der Waals surface area contributed by atoms with Gasteiger partial charge < -0.3 is 10.4 Å². The molecule has 0 aliphatic heterocycles. The minimum Gasteiger partial charge on any atom is -0.388 e. The Morgan fingerprint density at radius 3 is 2.83 bits per heavy atom. The summed E-state index contributed by atoms with van der Waals surface area (Å²) in [5.41, 5.74) is 3.70. The third-order valence-electron chi connectivity index (χ3n) is 5.07. The fourth-order valence-corrected chi connectivity index (χ4v) is 3.86. The molecular formula is C20H24N6O2S. The van der Waals surface area contributed by atoms with E-state index in [0.29, 0.717) is 24.9 Å². The molecule has 0 atom stereocenters. The van der Waals surface area contributed by atoms with E-state index in [2.05, 4.69) is 32.3 Å². The van der Waals surface area contributed by atoms with Crippen LogP contribution in [0.3, 0.4) is 0 Å². The zero-order valence-electron chi connectivity index (χ0n) is 16.8. The van der Waals surface area contributed by atoms with Crippen LogP contribution in [0.25, 0.3) is 11.0 Å². The first-order valence-electron chi connectivity index (χ1n) is 9.67. The van der Waals surface area contributed by atoms with Crippen LogP contribution in [-0.4, -0.2) is 53.6 Å². The summed E-state index contributed by atoms with van der Waals surface area (Å²) in [6.07, 6.45) is 4.72. The lowest BCUT2D eigenvalue weighted by atomic mass is 10.2. The number of hydrogen-bond acceptors (Lipinski definition) is 7. The molecule has 29 heavy (non-hydrogen) atoms. The molecule has 0 bridgehead atoms.